The second-order valence-electron chi connectivity index (χ2n) is 5.41. The summed E-state index contributed by atoms with van der Waals surface area (Å²) in [5.41, 5.74) is 2.53. The number of carbonyl (C=O) groups excluding carboxylic acids is 1. The van der Waals surface area contributed by atoms with E-state index in [0.717, 1.165) is 10.6 Å². The van der Waals surface area contributed by atoms with Crippen LogP contribution in [0.3, 0.4) is 0 Å². The highest BCUT2D eigenvalue weighted by molar-refractivity contribution is 7.16. The van der Waals surface area contributed by atoms with E-state index in [0.29, 0.717) is 4.88 Å². The van der Waals surface area contributed by atoms with Gasteiger partial charge in [-0.05, 0) is 11.0 Å². The summed E-state index contributed by atoms with van der Waals surface area (Å²) in [6, 6.07) is 8.40. The van der Waals surface area contributed by atoms with Crippen molar-refractivity contribution in [3.05, 3.63) is 40.9 Å². The molecule has 2 aromatic rings. The van der Waals surface area contributed by atoms with Gasteiger partial charge in [0.05, 0.1) is 4.88 Å². The molecule has 0 saturated heterocycles. The van der Waals surface area contributed by atoms with E-state index in [9.17, 15) is 4.79 Å². The van der Waals surface area contributed by atoms with Gasteiger partial charge in [0, 0.05) is 18.7 Å². The number of aromatic nitrogens is 1. The molecule has 0 saturated carbocycles. The van der Waals surface area contributed by atoms with Gasteiger partial charge in [0.2, 0.25) is 0 Å². The highest BCUT2D eigenvalue weighted by Crippen LogP contribution is 2.28. The summed E-state index contributed by atoms with van der Waals surface area (Å²) in [5.74, 6) is 0.0741. The topological polar surface area (TPSA) is 30.0 Å². The Kier molecular flexibility index (Phi) is 3.35. The molecule has 0 radical (unpaired) electrons. The molecule has 2 nitrogen and oxygen atoms in total. The molecule has 0 spiro atoms. The van der Waals surface area contributed by atoms with Crippen molar-refractivity contribution in [2.75, 3.05) is 0 Å². The summed E-state index contributed by atoms with van der Waals surface area (Å²) in [6.45, 7) is 8.15. The van der Waals surface area contributed by atoms with Crippen molar-refractivity contribution in [1.82, 2.24) is 4.98 Å². The quantitative estimate of drug-likeness (QED) is 0.752. The fourth-order valence-corrected chi connectivity index (χ4v) is 2.50. The van der Waals surface area contributed by atoms with Crippen LogP contribution in [0, 0.1) is 0 Å². The predicted molar refractivity (Wildman–Crippen MR) is 76.3 cm³/mol. The lowest BCUT2D eigenvalue weighted by Gasteiger charge is -2.18. The predicted octanol–water partition coefficient (Wildman–Crippen LogP) is 4.31. The second kappa shape index (κ2) is 4.65. The van der Waals surface area contributed by atoms with Crippen LogP contribution in [0.15, 0.2) is 30.5 Å². The molecular formula is C15H17NOS. The van der Waals surface area contributed by atoms with Gasteiger partial charge >= 0.3 is 0 Å². The fraction of sp³-hybridized carbons (Fsp3) is 0.333. The number of carbonyl (C=O) groups is 1. The first-order valence-corrected chi connectivity index (χ1v) is 6.77. The van der Waals surface area contributed by atoms with E-state index in [4.69, 9.17) is 0 Å². The van der Waals surface area contributed by atoms with Gasteiger partial charge in [0.15, 0.2) is 5.78 Å². The lowest BCUT2D eigenvalue weighted by atomic mass is 9.87. The first-order valence-electron chi connectivity index (χ1n) is 5.95. The van der Waals surface area contributed by atoms with Crippen LogP contribution in [-0.4, -0.2) is 10.8 Å². The number of rotatable bonds is 2. The van der Waals surface area contributed by atoms with Crippen LogP contribution in [0.2, 0.25) is 0 Å². The molecule has 0 N–H and O–H groups in total. The lowest BCUT2D eigenvalue weighted by molar-refractivity contribution is 0.102. The Morgan fingerprint density at radius 3 is 2.22 bits per heavy atom. The number of ketones is 1. The van der Waals surface area contributed by atoms with E-state index < -0.39 is 0 Å². The second-order valence-corrected chi connectivity index (χ2v) is 6.44. The molecule has 0 aliphatic carbocycles. The molecule has 18 heavy (non-hydrogen) atoms. The number of benzene rings is 1. The van der Waals surface area contributed by atoms with Crippen molar-refractivity contribution in [3.63, 3.8) is 0 Å². The van der Waals surface area contributed by atoms with Crippen molar-refractivity contribution in [2.45, 2.75) is 33.1 Å². The van der Waals surface area contributed by atoms with Crippen molar-refractivity contribution < 1.29 is 4.79 Å². The van der Waals surface area contributed by atoms with Crippen molar-refractivity contribution >= 4 is 17.1 Å². The van der Waals surface area contributed by atoms with Gasteiger partial charge in [-0.1, -0.05) is 45.0 Å². The van der Waals surface area contributed by atoms with Crippen LogP contribution in [0.25, 0.3) is 10.6 Å². The number of thiazole rings is 1. The number of hydrogen-bond acceptors (Lipinski definition) is 3. The van der Waals surface area contributed by atoms with E-state index >= 15 is 0 Å². The molecule has 94 valence electrons. The third-order valence-corrected chi connectivity index (χ3v) is 4.00. The first kappa shape index (κ1) is 13.0. The summed E-state index contributed by atoms with van der Waals surface area (Å²) >= 11 is 1.45. The zero-order chi connectivity index (χ0) is 13.3. The maximum absolute atomic E-state index is 11.2. The van der Waals surface area contributed by atoms with Crippen LogP contribution >= 0.6 is 11.3 Å². The molecule has 0 atom stereocenters. The molecule has 0 aliphatic heterocycles. The number of nitrogens with zero attached hydrogens (tertiary/aromatic N) is 1. The van der Waals surface area contributed by atoms with E-state index in [1.54, 1.807) is 13.1 Å². The van der Waals surface area contributed by atoms with E-state index in [-0.39, 0.29) is 11.2 Å². The highest BCUT2D eigenvalue weighted by atomic mass is 32.1. The number of hydrogen-bond donors (Lipinski definition) is 0. The molecule has 0 amide bonds. The van der Waals surface area contributed by atoms with Gasteiger partial charge in [0.25, 0.3) is 0 Å². The Labute approximate surface area is 112 Å². The third kappa shape index (κ3) is 2.67. The van der Waals surface area contributed by atoms with Gasteiger partial charge < -0.3 is 0 Å². The molecular weight excluding hydrogens is 242 g/mol. The van der Waals surface area contributed by atoms with Gasteiger partial charge in [-0.15, -0.1) is 11.3 Å². The van der Waals surface area contributed by atoms with Crippen molar-refractivity contribution in [1.29, 1.82) is 0 Å². The average molecular weight is 259 g/mol. The molecule has 0 fully saturated rings. The largest absolute Gasteiger partial charge is 0.294 e. The maximum atomic E-state index is 11.2. The van der Waals surface area contributed by atoms with Gasteiger partial charge in [-0.25, -0.2) is 4.98 Å². The Morgan fingerprint density at radius 1 is 1.17 bits per heavy atom. The van der Waals surface area contributed by atoms with Crippen molar-refractivity contribution in [2.24, 2.45) is 0 Å². The normalized spacial score (nSPS) is 11.6. The Bertz CT molecular complexity index is 561. The van der Waals surface area contributed by atoms with Crippen LogP contribution in [0.4, 0.5) is 0 Å². The number of Topliss-reactive ketones (excluding diaryl/α,β-unsaturated/α-hetero) is 1. The minimum Gasteiger partial charge on any atom is -0.294 e. The van der Waals surface area contributed by atoms with E-state index in [2.05, 4.69) is 50.0 Å². The van der Waals surface area contributed by atoms with Crippen LogP contribution in [0.1, 0.15) is 42.9 Å². The summed E-state index contributed by atoms with van der Waals surface area (Å²) in [4.78, 5) is 16.3. The zero-order valence-electron chi connectivity index (χ0n) is 11.2. The van der Waals surface area contributed by atoms with Gasteiger partial charge in [-0.3, -0.25) is 4.79 Å². The van der Waals surface area contributed by atoms with Crippen molar-refractivity contribution in [3.8, 4) is 10.6 Å². The minimum atomic E-state index is 0.0741. The standard InChI is InChI=1S/C15H17NOS/c1-10(17)13-9-16-14(18-13)11-5-7-12(8-6-11)15(2,3)4/h5-9H,1-4H3. The van der Waals surface area contributed by atoms with Crippen LogP contribution in [-0.2, 0) is 5.41 Å². The summed E-state index contributed by atoms with van der Waals surface area (Å²) < 4.78 is 0. The fourth-order valence-electron chi connectivity index (χ4n) is 1.68. The average Bonchev–Trinajstić information content (AvgIpc) is 2.77. The molecule has 2 rings (SSSR count). The minimum absolute atomic E-state index is 0.0741. The molecule has 0 unspecified atom stereocenters. The maximum Gasteiger partial charge on any atom is 0.171 e. The summed E-state index contributed by atoms with van der Waals surface area (Å²) in [7, 11) is 0. The monoisotopic (exact) mass is 259 g/mol. The third-order valence-electron chi connectivity index (χ3n) is 2.85. The van der Waals surface area contributed by atoms with Crippen LogP contribution < -0.4 is 0 Å². The summed E-state index contributed by atoms with van der Waals surface area (Å²) in [6.07, 6.45) is 1.65. The Hall–Kier alpha value is -1.48. The van der Waals surface area contributed by atoms with E-state index in [1.165, 1.54) is 16.9 Å². The Morgan fingerprint density at radius 2 is 1.78 bits per heavy atom. The smallest absolute Gasteiger partial charge is 0.171 e. The SMILES string of the molecule is CC(=O)c1cnc(-c2ccc(C(C)(C)C)cc2)s1. The molecule has 0 bridgehead atoms. The molecule has 1 aromatic heterocycles. The summed E-state index contributed by atoms with van der Waals surface area (Å²) in [5, 5.41) is 0.903. The van der Waals surface area contributed by atoms with Gasteiger partial charge in [0.1, 0.15) is 5.01 Å². The molecule has 1 heterocycles. The molecule has 1 aromatic carbocycles. The zero-order valence-corrected chi connectivity index (χ0v) is 12.0. The highest BCUT2D eigenvalue weighted by Gasteiger charge is 2.14. The van der Waals surface area contributed by atoms with Gasteiger partial charge in [-0.2, -0.15) is 0 Å². The Balaban J connectivity index is 2.31. The molecule has 0 aliphatic rings. The lowest BCUT2D eigenvalue weighted by Crippen LogP contribution is -2.10. The van der Waals surface area contributed by atoms with E-state index in [1.807, 2.05) is 0 Å². The molecule has 3 heteroatoms. The first-order chi connectivity index (χ1) is 8.38. The van der Waals surface area contributed by atoms with Crippen LogP contribution in [0.5, 0.6) is 0 Å².